The molecule has 0 bridgehead atoms. The van der Waals surface area contributed by atoms with Gasteiger partial charge in [-0.3, -0.25) is 9.59 Å². The fraction of sp³-hybridized carbons (Fsp3) is 0.240. The van der Waals surface area contributed by atoms with Crippen LogP contribution in [0.1, 0.15) is 60.4 Å². The topological polar surface area (TPSA) is 86.7 Å². The summed E-state index contributed by atoms with van der Waals surface area (Å²) in [6.07, 6.45) is 2.37. The number of aromatic carboxylic acids is 1. The minimum absolute atomic E-state index is 0.115. The van der Waals surface area contributed by atoms with E-state index in [-0.39, 0.29) is 17.4 Å². The maximum atomic E-state index is 12.9. The Labute approximate surface area is 200 Å². The van der Waals surface area contributed by atoms with E-state index in [0.29, 0.717) is 46.2 Å². The van der Waals surface area contributed by atoms with Crippen molar-refractivity contribution in [1.82, 2.24) is 4.90 Å². The molecule has 6 nitrogen and oxygen atoms in total. The van der Waals surface area contributed by atoms with Crippen LogP contribution in [-0.4, -0.2) is 34.3 Å². The second-order valence-electron chi connectivity index (χ2n) is 7.90. The summed E-state index contributed by atoms with van der Waals surface area (Å²) >= 11 is 7.13. The van der Waals surface area contributed by atoms with Crippen LogP contribution < -0.4 is 5.32 Å². The van der Waals surface area contributed by atoms with Crippen molar-refractivity contribution in [3.05, 3.63) is 86.2 Å². The number of hydrogen-bond donors (Lipinski definition) is 2. The van der Waals surface area contributed by atoms with E-state index in [1.165, 1.54) is 11.3 Å². The summed E-state index contributed by atoms with van der Waals surface area (Å²) in [7, 11) is 0. The molecule has 2 aromatic carbocycles. The van der Waals surface area contributed by atoms with Crippen LogP contribution in [0.25, 0.3) is 0 Å². The van der Waals surface area contributed by atoms with E-state index in [2.05, 4.69) is 12.2 Å². The van der Waals surface area contributed by atoms with Gasteiger partial charge in [0.1, 0.15) is 5.00 Å². The Morgan fingerprint density at radius 1 is 1.06 bits per heavy atom. The minimum Gasteiger partial charge on any atom is -0.478 e. The average molecular weight is 483 g/mol. The summed E-state index contributed by atoms with van der Waals surface area (Å²) in [4.78, 5) is 40.1. The molecular weight excluding hydrogens is 460 g/mol. The molecular formula is C25H23ClN2O4S. The third kappa shape index (κ3) is 4.94. The van der Waals surface area contributed by atoms with Gasteiger partial charge in [0.25, 0.3) is 11.8 Å². The van der Waals surface area contributed by atoms with E-state index < -0.39 is 5.97 Å². The zero-order chi connectivity index (χ0) is 23.5. The van der Waals surface area contributed by atoms with Gasteiger partial charge in [-0.15, -0.1) is 11.3 Å². The molecule has 170 valence electrons. The largest absolute Gasteiger partial charge is 0.478 e. The summed E-state index contributed by atoms with van der Waals surface area (Å²) in [5.74, 6) is -1.58. The number of carboxylic acid groups (broad SMARTS) is 1. The van der Waals surface area contributed by atoms with Crippen molar-refractivity contribution in [3.63, 3.8) is 0 Å². The Balaban J connectivity index is 1.55. The van der Waals surface area contributed by atoms with Crippen molar-refractivity contribution < 1.29 is 19.5 Å². The molecule has 8 heteroatoms. The van der Waals surface area contributed by atoms with Crippen molar-refractivity contribution in [2.75, 3.05) is 11.9 Å². The summed E-state index contributed by atoms with van der Waals surface area (Å²) in [6.45, 7) is 2.79. The van der Waals surface area contributed by atoms with Crippen molar-refractivity contribution >= 4 is 45.7 Å². The molecule has 0 radical (unpaired) electrons. The van der Waals surface area contributed by atoms with Crippen LogP contribution in [0.2, 0.25) is 5.02 Å². The highest BCUT2D eigenvalue weighted by Gasteiger charge is 2.30. The Morgan fingerprint density at radius 2 is 1.73 bits per heavy atom. The summed E-state index contributed by atoms with van der Waals surface area (Å²) in [6, 6.07) is 14.0. The molecule has 0 saturated heterocycles. The Hall–Kier alpha value is -3.16. The van der Waals surface area contributed by atoms with Crippen LogP contribution in [-0.2, 0) is 19.4 Å². The Bertz CT molecular complexity index is 1200. The number of aryl methyl sites for hydroxylation is 1. The number of carboxylic acids is 1. The monoisotopic (exact) mass is 482 g/mol. The van der Waals surface area contributed by atoms with Crippen molar-refractivity contribution in [1.29, 1.82) is 0 Å². The molecule has 0 saturated carbocycles. The number of anilines is 1. The van der Waals surface area contributed by atoms with E-state index in [1.807, 2.05) is 12.1 Å². The number of carbonyl (C=O) groups excluding carboxylic acids is 2. The second-order valence-corrected chi connectivity index (χ2v) is 9.44. The van der Waals surface area contributed by atoms with Crippen molar-refractivity contribution in [2.24, 2.45) is 0 Å². The molecule has 0 unspecified atom stereocenters. The predicted molar refractivity (Wildman–Crippen MR) is 130 cm³/mol. The number of hydrogen-bond acceptors (Lipinski definition) is 4. The lowest BCUT2D eigenvalue weighted by atomic mass is 10.0. The predicted octanol–water partition coefficient (Wildman–Crippen LogP) is 5.50. The molecule has 0 atom stereocenters. The zero-order valence-electron chi connectivity index (χ0n) is 18.1. The van der Waals surface area contributed by atoms with Gasteiger partial charge in [-0.05, 0) is 60.4 Å². The zero-order valence-corrected chi connectivity index (χ0v) is 19.6. The van der Waals surface area contributed by atoms with Gasteiger partial charge < -0.3 is 15.3 Å². The lowest BCUT2D eigenvalue weighted by molar-refractivity contribution is 0.0696. The average Bonchev–Trinajstić information content (AvgIpc) is 3.17. The molecule has 0 aliphatic carbocycles. The van der Waals surface area contributed by atoms with Crippen LogP contribution >= 0.6 is 22.9 Å². The molecule has 3 aromatic rings. The number of nitrogens with zero attached hydrogens (tertiary/aromatic N) is 1. The molecule has 2 amide bonds. The van der Waals surface area contributed by atoms with E-state index in [1.54, 1.807) is 41.3 Å². The third-order valence-corrected chi connectivity index (χ3v) is 7.02. The lowest BCUT2D eigenvalue weighted by Crippen LogP contribution is -2.35. The maximum absolute atomic E-state index is 12.9. The number of nitrogens with one attached hydrogen (secondary N) is 1. The molecule has 0 spiro atoms. The van der Waals surface area contributed by atoms with Crippen LogP contribution in [0.3, 0.4) is 0 Å². The maximum Gasteiger partial charge on any atom is 0.339 e. The van der Waals surface area contributed by atoms with Gasteiger partial charge in [-0.25, -0.2) is 4.79 Å². The van der Waals surface area contributed by atoms with Gasteiger partial charge in [0.05, 0.1) is 12.1 Å². The van der Waals surface area contributed by atoms with E-state index in [9.17, 15) is 19.5 Å². The molecule has 2 N–H and O–H groups in total. The van der Waals surface area contributed by atoms with Crippen molar-refractivity contribution in [3.8, 4) is 0 Å². The summed E-state index contributed by atoms with van der Waals surface area (Å²) in [5, 5.41) is 13.5. The van der Waals surface area contributed by atoms with Gasteiger partial charge in [0.2, 0.25) is 0 Å². The van der Waals surface area contributed by atoms with Gasteiger partial charge in [0, 0.05) is 27.6 Å². The fourth-order valence-electron chi connectivity index (χ4n) is 3.95. The highest BCUT2D eigenvalue weighted by atomic mass is 35.5. The quantitative estimate of drug-likeness (QED) is 0.485. The third-order valence-electron chi connectivity index (χ3n) is 5.63. The molecule has 1 aromatic heterocycles. The molecule has 2 heterocycles. The van der Waals surface area contributed by atoms with Gasteiger partial charge >= 0.3 is 5.97 Å². The number of benzene rings is 2. The lowest BCUT2D eigenvalue weighted by Gasteiger charge is -2.27. The molecule has 1 aliphatic heterocycles. The standard InChI is InChI=1S/C25H23ClN2O4S/c1-2-3-15-4-6-16(7-5-15)22(29)27-23-21(25(31)32)19-12-13-28(14-20(19)33-23)24(30)17-8-10-18(26)11-9-17/h4-11H,2-3,12-14H2,1H3,(H,27,29)(H,31,32). The number of carbonyl (C=O) groups is 3. The van der Waals surface area contributed by atoms with Gasteiger partial charge in [-0.2, -0.15) is 0 Å². The van der Waals surface area contributed by atoms with Crippen molar-refractivity contribution in [2.45, 2.75) is 32.7 Å². The minimum atomic E-state index is -1.08. The van der Waals surface area contributed by atoms with Gasteiger partial charge in [-0.1, -0.05) is 37.1 Å². The highest BCUT2D eigenvalue weighted by Crippen LogP contribution is 2.37. The Morgan fingerprint density at radius 3 is 2.36 bits per heavy atom. The first-order valence-electron chi connectivity index (χ1n) is 10.7. The molecule has 1 aliphatic rings. The number of thiophene rings is 1. The van der Waals surface area contributed by atoms with Gasteiger partial charge in [0.15, 0.2) is 0 Å². The smallest absolute Gasteiger partial charge is 0.339 e. The van der Waals surface area contributed by atoms with Crippen LogP contribution in [0.4, 0.5) is 5.00 Å². The fourth-order valence-corrected chi connectivity index (χ4v) is 5.33. The molecule has 4 rings (SSSR count). The summed E-state index contributed by atoms with van der Waals surface area (Å²) < 4.78 is 0. The normalized spacial score (nSPS) is 12.8. The van der Waals surface area contributed by atoms with E-state index in [4.69, 9.17) is 11.6 Å². The number of amides is 2. The SMILES string of the molecule is CCCc1ccc(C(=O)Nc2sc3c(c2C(=O)O)CCN(C(=O)c2ccc(Cl)cc2)C3)cc1. The Kier molecular flexibility index (Phi) is 6.81. The number of rotatable bonds is 6. The highest BCUT2D eigenvalue weighted by molar-refractivity contribution is 7.17. The summed E-state index contributed by atoms with van der Waals surface area (Å²) in [5.41, 5.74) is 2.94. The van der Waals surface area contributed by atoms with E-state index in [0.717, 1.165) is 23.3 Å². The number of fused-ring (bicyclic) bond motifs is 1. The second kappa shape index (κ2) is 9.77. The van der Waals surface area contributed by atoms with E-state index >= 15 is 0 Å². The first-order chi connectivity index (χ1) is 15.9. The van der Waals surface area contributed by atoms with Crippen LogP contribution in [0, 0.1) is 0 Å². The first-order valence-corrected chi connectivity index (χ1v) is 11.9. The first kappa shape index (κ1) is 23.0. The molecule has 33 heavy (non-hydrogen) atoms. The van der Waals surface area contributed by atoms with Crippen LogP contribution in [0.5, 0.6) is 0 Å². The number of halogens is 1. The molecule has 0 fully saturated rings. The van der Waals surface area contributed by atoms with Crippen LogP contribution in [0.15, 0.2) is 48.5 Å².